The van der Waals surface area contributed by atoms with E-state index in [1.165, 1.54) is 15.9 Å². The number of fused-ring (bicyclic) bond motifs is 1. The molecule has 0 spiro atoms. The van der Waals surface area contributed by atoms with E-state index in [0.717, 1.165) is 52.9 Å². The number of benzene rings is 1. The Morgan fingerprint density at radius 2 is 1.65 bits per heavy atom. The number of halogens is 1. The predicted molar refractivity (Wildman–Crippen MR) is 149 cm³/mol. The number of aliphatic hydroxyl groups is 4. The zero-order valence-electron chi connectivity index (χ0n) is 22.5. The van der Waals surface area contributed by atoms with Crippen LogP contribution in [0.3, 0.4) is 0 Å². The number of ketones is 4. The molecule has 1 aromatic carbocycles. The summed E-state index contributed by atoms with van der Waals surface area (Å²) in [7, 11) is 0. The van der Waals surface area contributed by atoms with E-state index >= 15 is 0 Å². The van der Waals surface area contributed by atoms with Gasteiger partial charge in [0.05, 0.1) is 9.30 Å². The normalized spacial score (nSPS) is 29.4. The number of thiophene rings is 1. The van der Waals surface area contributed by atoms with E-state index in [1.807, 2.05) is 25.1 Å². The Morgan fingerprint density at radius 3 is 2.15 bits per heavy atom. The fraction of sp³-hybridized carbons (Fsp3) is 0.429. The lowest BCUT2D eigenvalue weighted by Crippen LogP contribution is -2.85. The lowest BCUT2D eigenvalue weighted by molar-refractivity contribution is -0.327. The molecule has 4 rings (SSSR count). The first-order valence-corrected chi connectivity index (χ1v) is 14.0. The molecule has 10 nitrogen and oxygen atoms in total. The van der Waals surface area contributed by atoms with Crippen LogP contribution < -0.4 is 0 Å². The Hall–Kier alpha value is -2.58. The Morgan fingerprint density at radius 1 is 1.02 bits per heavy atom. The minimum Gasteiger partial charge on any atom is -0.386 e. The van der Waals surface area contributed by atoms with E-state index < -0.39 is 58.4 Å². The van der Waals surface area contributed by atoms with Gasteiger partial charge in [0.25, 0.3) is 0 Å². The second-order valence-electron chi connectivity index (χ2n) is 10.3. The number of aryl methyl sites for hydroxylation is 1. The maximum absolute atomic E-state index is 13.2. The molecular formula is C28H30BrNO9S. The summed E-state index contributed by atoms with van der Waals surface area (Å²) in [6, 6.07) is 9.07. The Balaban J connectivity index is 2.07. The summed E-state index contributed by atoms with van der Waals surface area (Å²) in [4.78, 5) is 53.4. The number of rotatable bonds is 8. The molecule has 3 aromatic rings. The summed E-state index contributed by atoms with van der Waals surface area (Å²) in [6.45, 7) is 5.37. The van der Waals surface area contributed by atoms with Crippen LogP contribution in [0.4, 0.5) is 0 Å². The number of ether oxygens (including phenoxy) is 1. The van der Waals surface area contributed by atoms with E-state index in [2.05, 4.69) is 15.9 Å². The van der Waals surface area contributed by atoms with Crippen LogP contribution in [-0.2, 0) is 30.3 Å². The zero-order chi connectivity index (χ0) is 29.9. The van der Waals surface area contributed by atoms with Gasteiger partial charge in [0.1, 0.15) is 6.10 Å². The molecule has 0 radical (unpaired) electrons. The highest BCUT2D eigenvalue weighted by atomic mass is 79.9. The number of carbonyl (C=O) groups excluding carboxylic acids is 4. The van der Waals surface area contributed by atoms with E-state index in [4.69, 9.17) is 4.74 Å². The van der Waals surface area contributed by atoms with Crippen LogP contribution in [0.25, 0.3) is 10.9 Å². The summed E-state index contributed by atoms with van der Waals surface area (Å²) in [5.74, 6) is -5.10. The minimum atomic E-state index is -3.53. The average molecular weight is 637 g/mol. The third kappa shape index (κ3) is 4.16. The fourth-order valence-electron chi connectivity index (χ4n) is 5.70. The molecule has 0 aliphatic carbocycles. The molecule has 4 N–H and O–H groups in total. The van der Waals surface area contributed by atoms with Crippen molar-refractivity contribution in [3.05, 3.63) is 56.3 Å². The van der Waals surface area contributed by atoms with Crippen molar-refractivity contribution < 1.29 is 44.3 Å². The lowest BCUT2D eigenvalue weighted by Gasteiger charge is -2.57. The standard InChI is InChI=1S/C28H30BrNO9S/c1-13-7-6-8-20-22(13)18(11-19-9-10-21(29)40-19)12-30(20)25-27(37,16(4)33)28(38,17(5)34)26(36,15(3)32)24(39-25)23(35)14(2)31/h6-10,12,14,24-25,31,36-38H,11H2,1-5H3/t14?,24-,25-,26-,27+,28+/m1/s1. The quantitative estimate of drug-likeness (QED) is 0.290. The molecule has 0 amide bonds. The SMILES string of the molecule is CC(=O)[C@]1(O)[C@@](O)(C(C)=O)[C@@H](C(=O)C(C)O)O[C@@H](n2cc(Cc3ccc(Br)s3)c3c(C)cccc32)[C@@]1(O)C(C)=O. The minimum absolute atomic E-state index is 0.428. The second-order valence-corrected chi connectivity index (χ2v) is 12.8. The Labute approximate surface area is 242 Å². The van der Waals surface area contributed by atoms with E-state index in [9.17, 15) is 39.6 Å². The van der Waals surface area contributed by atoms with Gasteiger partial charge >= 0.3 is 0 Å². The van der Waals surface area contributed by atoms with Gasteiger partial charge in [-0.25, -0.2) is 0 Å². The van der Waals surface area contributed by atoms with Gasteiger partial charge in [-0.05, 0) is 79.9 Å². The van der Waals surface area contributed by atoms with Crippen LogP contribution in [0.15, 0.2) is 40.3 Å². The van der Waals surface area contributed by atoms with Gasteiger partial charge in [-0.2, -0.15) is 0 Å². The van der Waals surface area contributed by atoms with Crippen molar-refractivity contribution in [1.82, 2.24) is 4.57 Å². The molecule has 1 aliphatic heterocycles. The average Bonchev–Trinajstić information content (AvgIpc) is 3.45. The fourth-order valence-corrected chi connectivity index (χ4v) is 7.20. The molecule has 214 valence electrons. The number of hydrogen-bond acceptors (Lipinski definition) is 10. The summed E-state index contributed by atoms with van der Waals surface area (Å²) in [5.41, 5.74) is -8.17. The molecule has 2 aromatic heterocycles. The number of carbonyl (C=O) groups is 4. The van der Waals surface area contributed by atoms with Crippen molar-refractivity contribution >= 4 is 61.3 Å². The Bertz CT molecular complexity index is 1540. The summed E-state index contributed by atoms with van der Waals surface area (Å²) in [6.07, 6.45) is -4.08. The molecule has 1 fully saturated rings. The highest BCUT2D eigenvalue weighted by Gasteiger charge is 2.79. The van der Waals surface area contributed by atoms with Crippen molar-refractivity contribution in [2.75, 3.05) is 0 Å². The van der Waals surface area contributed by atoms with Crippen molar-refractivity contribution in [3.8, 4) is 0 Å². The number of aliphatic hydroxyl groups excluding tert-OH is 1. The highest BCUT2D eigenvalue weighted by Crippen LogP contribution is 2.52. The largest absolute Gasteiger partial charge is 0.386 e. The van der Waals surface area contributed by atoms with Gasteiger partial charge in [-0.1, -0.05) is 12.1 Å². The monoisotopic (exact) mass is 635 g/mol. The number of Topliss-reactive ketones (excluding diaryl/α,β-unsaturated/α-hetero) is 4. The number of aromatic nitrogens is 1. The van der Waals surface area contributed by atoms with Gasteiger partial charge in [-0.3, -0.25) is 19.2 Å². The van der Waals surface area contributed by atoms with Crippen molar-refractivity contribution in [3.63, 3.8) is 0 Å². The lowest BCUT2D eigenvalue weighted by atomic mass is 9.59. The number of hydrogen-bond donors (Lipinski definition) is 4. The number of nitrogens with zero attached hydrogens (tertiary/aromatic N) is 1. The smallest absolute Gasteiger partial charge is 0.207 e. The van der Waals surface area contributed by atoms with Crippen LogP contribution in [0.5, 0.6) is 0 Å². The molecule has 6 atom stereocenters. The first-order valence-electron chi connectivity index (χ1n) is 12.4. The molecule has 1 aliphatic rings. The summed E-state index contributed by atoms with van der Waals surface area (Å²) in [5, 5.41) is 46.4. The molecule has 1 saturated heterocycles. The first kappa shape index (κ1) is 30.4. The van der Waals surface area contributed by atoms with Crippen LogP contribution in [0.1, 0.15) is 49.9 Å². The van der Waals surface area contributed by atoms with Gasteiger partial charge in [0.15, 0.2) is 41.1 Å². The van der Waals surface area contributed by atoms with Crippen molar-refractivity contribution in [2.45, 2.75) is 76.3 Å². The molecule has 1 unspecified atom stereocenters. The third-order valence-electron chi connectivity index (χ3n) is 7.75. The second kappa shape index (κ2) is 10.4. The van der Waals surface area contributed by atoms with Gasteiger partial charge < -0.3 is 29.7 Å². The zero-order valence-corrected chi connectivity index (χ0v) is 24.9. The van der Waals surface area contributed by atoms with Crippen molar-refractivity contribution in [1.29, 1.82) is 0 Å². The van der Waals surface area contributed by atoms with Crippen LogP contribution in [0, 0.1) is 6.92 Å². The maximum Gasteiger partial charge on any atom is 0.207 e. The van der Waals surface area contributed by atoms with Gasteiger partial charge in [-0.15, -0.1) is 11.3 Å². The molecule has 0 bridgehead atoms. The van der Waals surface area contributed by atoms with Gasteiger partial charge in [0.2, 0.25) is 11.2 Å². The van der Waals surface area contributed by atoms with Crippen LogP contribution in [0.2, 0.25) is 0 Å². The predicted octanol–water partition coefficient (Wildman–Crippen LogP) is 2.17. The van der Waals surface area contributed by atoms with Crippen molar-refractivity contribution in [2.24, 2.45) is 0 Å². The molecule has 12 heteroatoms. The molecule has 40 heavy (non-hydrogen) atoms. The van der Waals surface area contributed by atoms with Crippen LogP contribution in [-0.4, -0.2) is 77.1 Å². The molecule has 0 saturated carbocycles. The molecule has 3 heterocycles. The Kier molecular flexibility index (Phi) is 7.87. The highest BCUT2D eigenvalue weighted by molar-refractivity contribution is 9.11. The molecular weight excluding hydrogens is 606 g/mol. The maximum atomic E-state index is 13.2. The van der Waals surface area contributed by atoms with E-state index in [-0.39, 0.29) is 0 Å². The third-order valence-corrected chi connectivity index (χ3v) is 9.37. The van der Waals surface area contributed by atoms with E-state index in [1.54, 1.807) is 18.3 Å². The summed E-state index contributed by atoms with van der Waals surface area (Å²) >= 11 is 4.95. The van der Waals surface area contributed by atoms with Crippen LogP contribution >= 0.6 is 27.3 Å². The summed E-state index contributed by atoms with van der Waals surface area (Å²) < 4.78 is 8.14. The topological polar surface area (TPSA) is 163 Å². The first-order chi connectivity index (χ1) is 18.5. The van der Waals surface area contributed by atoms with E-state index in [0.29, 0.717) is 11.9 Å². The van der Waals surface area contributed by atoms with Gasteiger partial charge in [0, 0.05) is 22.9 Å².